The first-order valence-electron chi connectivity index (χ1n) is 8.43. The minimum Gasteiger partial charge on any atom is -0.494 e. The van der Waals surface area contributed by atoms with Crippen molar-refractivity contribution in [1.29, 1.82) is 0 Å². The molecule has 0 fully saturated rings. The fraction of sp³-hybridized carbons (Fsp3) is 0.200. The fourth-order valence-electron chi connectivity index (χ4n) is 2.24. The Bertz CT molecular complexity index is 896. The first-order valence-corrected chi connectivity index (χ1v) is 8.81. The Morgan fingerprint density at radius 3 is 2.45 bits per heavy atom. The van der Waals surface area contributed by atoms with Gasteiger partial charge < -0.3 is 14.8 Å². The molecule has 0 radical (unpaired) electrons. The summed E-state index contributed by atoms with van der Waals surface area (Å²) < 4.78 is 49.1. The molecular formula is C20H17ClF3NO4. The van der Waals surface area contributed by atoms with Crippen molar-refractivity contribution in [2.75, 3.05) is 18.5 Å². The molecule has 5 nitrogen and oxygen atoms in total. The number of esters is 1. The lowest BCUT2D eigenvalue weighted by atomic mass is 10.1. The summed E-state index contributed by atoms with van der Waals surface area (Å²) in [6.45, 7) is 1.65. The Hall–Kier alpha value is -3.00. The van der Waals surface area contributed by atoms with Gasteiger partial charge in [0.25, 0.3) is 5.91 Å². The average molecular weight is 428 g/mol. The van der Waals surface area contributed by atoms with E-state index in [1.165, 1.54) is 12.1 Å². The molecule has 0 aliphatic rings. The van der Waals surface area contributed by atoms with Gasteiger partial charge in [-0.1, -0.05) is 23.7 Å². The molecule has 0 bridgehead atoms. The molecule has 1 N–H and O–H groups in total. The van der Waals surface area contributed by atoms with E-state index in [0.29, 0.717) is 24.0 Å². The van der Waals surface area contributed by atoms with Crippen LogP contribution in [0, 0.1) is 0 Å². The van der Waals surface area contributed by atoms with Gasteiger partial charge >= 0.3 is 12.1 Å². The topological polar surface area (TPSA) is 64.6 Å². The smallest absolute Gasteiger partial charge is 0.418 e. The second-order valence-corrected chi connectivity index (χ2v) is 6.12. The van der Waals surface area contributed by atoms with Crippen molar-refractivity contribution in [3.8, 4) is 5.75 Å². The van der Waals surface area contributed by atoms with Crippen LogP contribution in [0.3, 0.4) is 0 Å². The minimum absolute atomic E-state index is 0.124. The molecule has 0 unspecified atom stereocenters. The predicted molar refractivity (Wildman–Crippen MR) is 103 cm³/mol. The third kappa shape index (κ3) is 7.15. The van der Waals surface area contributed by atoms with E-state index in [1.54, 1.807) is 24.3 Å². The van der Waals surface area contributed by atoms with E-state index < -0.39 is 35.9 Å². The maximum atomic E-state index is 13.0. The number of carbonyl (C=O) groups is 2. The first kappa shape index (κ1) is 22.3. The molecule has 0 atom stereocenters. The average Bonchev–Trinajstić information content (AvgIpc) is 2.66. The molecule has 2 aromatic rings. The number of amides is 1. The van der Waals surface area contributed by atoms with E-state index in [1.807, 2.05) is 6.92 Å². The van der Waals surface area contributed by atoms with Gasteiger partial charge in [0.05, 0.1) is 17.9 Å². The number of carbonyl (C=O) groups excluding carboxylic acids is 2. The van der Waals surface area contributed by atoms with Crippen molar-refractivity contribution < 1.29 is 32.2 Å². The van der Waals surface area contributed by atoms with Crippen LogP contribution in [0.5, 0.6) is 5.75 Å². The number of rotatable bonds is 7. The number of benzene rings is 2. The van der Waals surface area contributed by atoms with Crippen LogP contribution in [0.2, 0.25) is 5.02 Å². The highest BCUT2D eigenvalue weighted by Crippen LogP contribution is 2.36. The van der Waals surface area contributed by atoms with Crippen LogP contribution in [0.1, 0.15) is 18.1 Å². The highest BCUT2D eigenvalue weighted by atomic mass is 35.5. The largest absolute Gasteiger partial charge is 0.494 e. The van der Waals surface area contributed by atoms with Crippen molar-refractivity contribution in [2.45, 2.75) is 13.1 Å². The molecular weight excluding hydrogens is 411 g/mol. The molecule has 2 aromatic carbocycles. The number of anilines is 1. The van der Waals surface area contributed by atoms with Crippen LogP contribution in [-0.2, 0) is 20.5 Å². The monoisotopic (exact) mass is 427 g/mol. The van der Waals surface area contributed by atoms with Gasteiger partial charge in [0.15, 0.2) is 6.61 Å². The minimum atomic E-state index is -4.70. The van der Waals surface area contributed by atoms with Crippen LogP contribution < -0.4 is 10.1 Å². The van der Waals surface area contributed by atoms with Crippen LogP contribution in [0.15, 0.2) is 48.5 Å². The normalized spacial score (nSPS) is 11.3. The molecule has 0 aliphatic carbocycles. The molecule has 0 spiro atoms. The maximum absolute atomic E-state index is 13.0. The molecule has 1 amide bonds. The third-order valence-electron chi connectivity index (χ3n) is 3.51. The fourth-order valence-corrected chi connectivity index (χ4v) is 2.41. The highest BCUT2D eigenvalue weighted by molar-refractivity contribution is 6.30. The number of ether oxygens (including phenoxy) is 2. The summed E-state index contributed by atoms with van der Waals surface area (Å²) in [5.41, 5.74) is -0.876. The Labute approximate surface area is 170 Å². The molecule has 2 rings (SSSR count). The van der Waals surface area contributed by atoms with Gasteiger partial charge in [0.1, 0.15) is 5.75 Å². The quantitative estimate of drug-likeness (QED) is 0.501. The van der Waals surface area contributed by atoms with Gasteiger partial charge in [0, 0.05) is 11.1 Å². The SMILES string of the molecule is CCOc1ccc(/C=C/C(=O)OCC(=O)Nc2ccc(Cl)cc2C(F)(F)F)cc1. The Morgan fingerprint density at radius 1 is 1.14 bits per heavy atom. The summed E-state index contributed by atoms with van der Waals surface area (Å²) in [6.07, 6.45) is -2.13. The highest BCUT2D eigenvalue weighted by Gasteiger charge is 2.34. The second kappa shape index (κ2) is 9.97. The summed E-state index contributed by atoms with van der Waals surface area (Å²) in [4.78, 5) is 23.5. The Kier molecular flexibility index (Phi) is 7.67. The summed E-state index contributed by atoms with van der Waals surface area (Å²) in [5, 5.41) is 1.93. The van der Waals surface area contributed by atoms with E-state index in [9.17, 15) is 22.8 Å². The maximum Gasteiger partial charge on any atom is 0.418 e. The first-order chi connectivity index (χ1) is 13.7. The van der Waals surface area contributed by atoms with Crippen molar-refractivity contribution in [3.63, 3.8) is 0 Å². The van der Waals surface area contributed by atoms with Crippen molar-refractivity contribution in [2.24, 2.45) is 0 Å². The van der Waals surface area contributed by atoms with E-state index in [-0.39, 0.29) is 5.02 Å². The van der Waals surface area contributed by atoms with Crippen molar-refractivity contribution in [1.82, 2.24) is 0 Å². The van der Waals surface area contributed by atoms with E-state index in [2.05, 4.69) is 5.32 Å². The number of hydrogen-bond acceptors (Lipinski definition) is 4. The van der Waals surface area contributed by atoms with Crippen LogP contribution in [-0.4, -0.2) is 25.1 Å². The molecule has 0 heterocycles. The van der Waals surface area contributed by atoms with Crippen molar-refractivity contribution in [3.05, 3.63) is 64.7 Å². The zero-order valence-electron chi connectivity index (χ0n) is 15.3. The molecule has 0 saturated carbocycles. The molecule has 0 aromatic heterocycles. The number of hydrogen-bond donors (Lipinski definition) is 1. The van der Waals surface area contributed by atoms with Gasteiger partial charge in [-0.3, -0.25) is 4.79 Å². The van der Waals surface area contributed by atoms with Crippen LogP contribution >= 0.6 is 11.6 Å². The molecule has 9 heteroatoms. The number of alkyl halides is 3. The molecule has 0 aliphatic heterocycles. The molecule has 29 heavy (non-hydrogen) atoms. The summed E-state index contributed by atoms with van der Waals surface area (Å²) in [6, 6.07) is 9.83. The lowest BCUT2D eigenvalue weighted by molar-refractivity contribution is -0.142. The second-order valence-electron chi connectivity index (χ2n) is 5.68. The molecule has 0 saturated heterocycles. The summed E-state index contributed by atoms with van der Waals surface area (Å²) in [7, 11) is 0. The van der Waals surface area contributed by atoms with E-state index >= 15 is 0 Å². The van der Waals surface area contributed by atoms with Gasteiger partial charge in [-0.2, -0.15) is 13.2 Å². The predicted octanol–water partition coefficient (Wildman–Crippen LogP) is 4.95. The zero-order valence-corrected chi connectivity index (χ0v) is 16.0. The van der Waals surface area contributed by atoms with Gasteiger partial charge in [0.2, 0.25) is 0 Å². The summed E-state index contributed by atoms with van der Waals surface area (Å²) in [5.74, 6) is -1.05. The van der Waals surface area contributed by atoms with Gasteiger partial charge in [-0.15, -0.1) is 0 Å². The third-order valence-corrected chi connectivity index (χ3v) is 3.74. The lowest BCUT2D eigenvalue weighted by Crippen LogP contribution is -2.22. The van der Waals surface area contributed by atoms with Crippen molar-refractivity contribution >= 4 is 35.2 Å². The number of nitrogens with one attached hydrogen (secondary N) is 1. The lowest BCUT2D eigenvalue weighted by Gasteiger charge is -2.14. The standard InChI is InChI=1S/C20H17ClF3NO4/c1-2-28-15-7-3-13(4-8-15)5-10-19(27)29-12-18(26)25-17-9-6-14(21)11-16(17)20(22,23)24/h3-11H,2,12H2,1H3,(H,25,26)/b10-5+. The van der Waals surface area contributed by atoms with Crippen LogP contribution in [0.4, 0.5) is 18.9 Å². The van der Waals surface area contributed by atoms with Gasteiger partial charge in [-0.05, 0) is 48.9 Å². The van der Waals surface area contributed by atoms with E-state index in [0.717, 1.165) is 12.1 Å². The number of halogens is 4. The Balaban J connectivity index is 1.90. The van der Waals surface area contributed by atoms with E-state index in [4.69, 9.17) is 21.1 Å². The van der Waals surface area contributed by atoms with Crippen LogP contribution in [0.25, 0.3) is 6.08 Å². The Morgan fingerprint density at radius 2 is 1.83 bits per heavy atom. The molecule has 154 valence electrons. The summed E-state index contributed by atoms with van der Waals surface area (Å²) >= 11 is 5.58. The zero-order chi connectivity index (χ0) is 21.4. The van der Waals surface area contributed by atoms with Gasteiger partial charge in [-0.25, -0.2) is 4.79 Å².